The zero-order chi connectivity index (χ0) is 19.1. The van der Waals surface area contributed by atoms with Crippen LogP contribution in [-0.2, 0) is 4.74 Å². The highest BCUT2D eigenvalue weighted by Gasteiger charge is 2.40. The minimum absolute atomic E-state index is 0.143. The van der Waals surface area contributed by atoms with Crippen molar-refractivity contribution >= 4 is 0 Å². The normalized spacial score (nSPS) is 19.1. The maximum atomic E-state index is 6.28. The van der Waals surface area contributed by atoms with Gasteiger partial charge in [0.2, 0.25) is 0 Å². The highest BCUT2D eigenvalue weighted by molar-refractivity contribution is 5.62. The largest absolute Gasteiger partial charge is 0.370 e. The quantitative estimate of drug-likeness (QED) is 0.573. The first kappa shape index (κ1) is 18.0. The molecular formula is C24H28N2O. The molecule has 4 rings (SSSR count). The molecule has 3 aromatic rings. The van der Waals surface area contributed by atoms with Crippen molar-refractivity contribution in [2.75, 3.05) is 0 Å². The van der Waals surface area contributed by atoms with E-state index in [2.05, 4.69) is 93.0 Å². The lowest BCUT2D eigenvalue weighted by Crippen LogP contribution is -2.44. The van der Waals surface area contributed by atoms with Crippen molar-refractivity contribution < 1.29 is 4.74 Å². The van der Waals surface area contributed by atoms with E-state index in [9.17, 15) is 0 Å². The van der Waals surface area contributed by atoms with Gasteiger partial charge in [0, 0.05) is 11.5 Å². The van der Waals surface area contributed by atoms with Crippen LogP contribution in [0.1, 0.15) is 52.1 Å². The van der Waals surface area contributed by atoms with Gasteiger partial charge in [-0.1, -0.05) is 48.5 Å². The van der Waals surface area contributed by atoms with E-state index in [0.29, 0.717) is 5.92 Å². The lowest BCUT2D eigenvalue weighted by atomic mass is 9.79. The topological polar surface area (TPSA) is 27.1 Å². The van der Waals surface area contributed by atoms with Gasteiger partial charge in [-0.3, -0.25) is 0 Å². The number of para-hydroxylation sites is 1. The Kier molecular flexibility index (Phi) is 4.43. The first-order valence-corrected chi connectivity index (χ1v) is 9.74. The molecule has 0 atom stereocenters. The van der Waals surface area contributed by atoms with Crippen LogP contribution in [0.25, 0.3) is 16.9 Å². The Morgan fingerprint density at radius 1 is 0.852 bits per heavy atom. The summed E-state index contributed by atoms with van der Waals surface area (Å²) in [6, 6.07) is 23.2. The van der Waals surface area contributed by atoms with Gasteiger partial charge in [-0.2, -0.15) is 5.10 Å². The molecule has 1 aromatic heterocycles. The molecule has 0 saturated carbocycles. The van der Waals surface area contributed by atoms with Crippen LogP contribution in [0.4, 0.5) is 0 Å². The summed E-state index contributed by atoms with van der Waals surface area (Å²) in [4.78, 5) is 0. The maximum Gasteiger partial charge on any atom is 0.0743 e. The Morgan fingerprint density at radius 2 is 1.41 bits per heavy atom. The lowest BCUT2D eigenvalue weighted by molar-refractivity contribution is -0.162. The lowest BCUT2D eigenvalue weighted by Gasteiger charge is -2.45. The average molecular weight is 361 g/mol. The predicted molar refractivity (Wildman–Crippen MR) is 110 cm³/mol. The molecule has 0 spiro atoms. The molecule has 1 fully saturated rings. The third-order valence-electron chi connectivity index (χ3n) is 5.25. The highest BCUT2D eigenvalue weighted by Crippen LogP contribution is 2.43. The fourth-order valence-corrected chi connectivity index (χ4v) is 4.48. The molecule has 0 aliphatic carbocycles. The summed E-state index contributed by atoms with van der Waals surface area (Å²) < 4.78 is 8.37. The van der Waals surface area contributed by atoms with E-state index >= 15 is 0 Å². The molecule has 0 amide bonds. The van der Waals surface area contributed by atoms with E-state index in [1.165, 1.54) is 5.56 Å². The van der Waals surface area contributed by atoms with E-state index in [4.69, 9.17) is 9.84 Å². The van der Waals surface area contributed by atoms with Crippen LogP contribution in [0.2, 0.25) is 0 Å². The van der Waals surface area contributed by atoms with Crippen molar-refractivity contribution in [2.24, 2.45) is 0 Å². The molecule has 27 heavy (non-hydrogen) atoms. The van der Waals surface area contributed by atoms with Crippen LogP contribution in [0.15, 0.2) is 66.7 Å². The average Bonchev–Trinajstić information content (AvgIpc) is 3.06. The van der Waals surface area contributed by atoms with Gasteiger partial charge in [-0.15, -0.1) is 0 Å². The molecule has 2 aromatic carbocycles. The van der Waals surface area contributed by atoms with Crippen LogP contribution in [0, 0.1) is 0 Å². The molecular weight excluding hydrogens is 332 g/mol. The van der Waals surface area contributed by atoms with Gasteiger partial charge in [-0.05, 0) is 58.7 Å². The summed E-state index contributed by atoms with van der Waals surface area (Å²) in [5.74, 6) is 0.385. The van der Waals surface area contributed by atoms with Gasteiger partial charge in [-0.25, -0.2) is 4.68 Å². The second-order valence-corrected chi connectivity index (χ2v) is 8.79. The number of hydrogen-bond acceptors (Lipinski definition) is 2. The minimum Gasteiger partial charge on any atom is -0.370 e. The van der Waals surface area contributed by atoms with Gasteiger partial charge in [0.15, 0.2) is 0 Å². The van der Waals surface area contributed by atoms with E-state index < -0.39 is 0 Å². The van der Waals surface area contributed by atoms with Crippen molar-refractivity contribution in [3.8, 4) is 16.9 Å². The molecule has 2 heterocycles. The second-order valence-electron chi connectivity index (χ2n) is 8.79. The van der Waals surface area contributed by atoms with Crippen LogP contribution in [0.5, 0.6) is 0 Å². The van der Waals surface area contributed by atoms with Crippen molar-refractivity contribution in [3.05, 3.63) is 72.4 Å². The molecule has 3 nitrogen and oxygen atoms in total. The monoisotopic (exact) mass is 360 g/mol. The third kappa shape index (κ3) is 3.84. The molecule has 0 unspecified atom stereocenters. The number of aromatic nitrogens is 2. The summed E-state index contributed by atoms with van der Waals surface area (Å²) in [5, 5.41) is 5.07. The van der Waals surface area contributed by atoms with Crippen LogP contribution in [0.3, 0.4) is 0 Å². The number of ether oxygens (including phenoxy) is 1. The van der Waals surface area contributed by atoms with Gasteiger partial charge in [0.05, 0.1) is 28.3 Å². The zero-order valence-electron chi connectivity index (χ0n) is 16.6. The van der Waals surface area contributed by atoms with E-state index in [0.717, 1.165) is 29.9 Å². The van der Waals surface area contributed by atoms with Crippen molar-refractivity contribution in [2.45, 2.75) is 57.7 Å². The van der Waals surface area contributed by atoms with Gasteiger partial charge in [0.25, 0.3) is 0 Å². The van der Waals surface area contributed by atoms with Crippen molar-refractivity contribution in [1.82, 2.24) is 9.78 Å². The molecule has 1 saturated heterocycles. The Bertz CT molecular complexity index is 837. The summed E-state index contributed by atoms with van der Waals surface area (Å²) in [5.41, 5.74) is 4.28. The van der Waals surface area contributed by atoms with Gasteiger partial charge < -0.3 is 4.74 Å². The van der Waals surface area contributed by atoms with E-state index in [-0.39, 0.29) is 11.2 Å². The number of rotatable bonds is 3. The van der Waals surface area contributed by atoms with Crippen LogP contribution >= 0.6 is 0 Å². The highest BCUT2D eigenvalue weighted by atomic mass is 16.5. The fraction of sp³-hybridized carbons (Fsp3) is 0.375. The number of nitrogens with zero attached hydrogens (tertiary/aromatic N) is 2. The third-order valence-corrected chi connectivity index (χ3v) is 5.25. The Morgan fingerprint density at radius 3 is 2.00 bits per heavy atom. The zero-order valence-corrected chi connectivity index (χ0v) is 16.6. The van der Waals surface area contributed by atoms with E-state index in [1.807, 2.05) is 6.07 Å². The Hall–Kier alpha value is -2.39. The van der Waals surface area contributed by atoms with Crippen LogP contribution < -0.4 is 0 Å². The Labute approximate surface area is 162 Å². The summed E-state index contributed by atoms with van der Waals surface area (Å²) in [6.07, 6.45) is 1.97. The Balaban J connectivity index is 1.80. The smallest absolute Gasteiger partial charge is 0.0743 e. The van der Waals surface area contributed by atoms with Crippen molar-refractivity contribution in [1.29, 1.82) is 0 Å². The number of hydrogen-bond donors (Lipinski definition) is 0. The molecule has 0 N–H and O–H groups in total. The molecule has 1 aliphatic heterocycles. The SMILES string of the molecule is CC1(C)CC(c2cc(-c3ccccc3)n(-c3ccccc3)n2)CC(C)(C)O1. The summed E-state index contributed by atoms with van der Waals surface area (Å²) in [6.45, 7) is 8.75. The molecule has 0 radical (unpaired) electrons. The summed E-state index contributed by atoms with van der Waals surface area (Å²) >= 11 is 0. The fourth-order valence-electron chi connectivity index (χ4n) is 4.48. The molecule has 140 valence electrons. The number of benzene rings is 2. The summed E-state index contributed by atoms with van der Waals surface area (Å²) in [7, 11) is 0. The van der Waals surface area contributed by atoms with Gasteiger partial charge >= 0.3 is 0 Å². The van der Waals surface area contributed by atoms with Crippen LogP contribution in [-0.4, -0.2) is 21.0 Å². The second kappa shape index (κ2) is 6.65. The van der Waals surface area contributed by atoms with Crippen molar-refractivity contribution in [3.63, 3.8) is 0 Å². The molecule has 3 heteroatoms. The minimum atomic E-state index is -0.143. The molecule has 1 aliphatic rings. The predicted octanol–water partition coefficient (Wildman–Crippen LogP) is 5.99. The van der Waals surface area contributed by atoms with E-state index in [1.54, 1.807) is 0 Å². The first-order chi connectivity index (χ1) is 12.8. The maximum absolute atomic E-state index is 6.28. The van der Waals surface area contributed by atoms with Gasteiger partial charge in [0.1, 0.15) is 0 Å². The first-order valence-electron chi connectivity index (χ1n) is 9.74. The molecule has 0 bridgehead atoms. The standard InChI is InChI=1S/C24H28N2O/c1-23(2)16-19(17-24(3,4)27-23)21-15-22(18-11-7-5-8-12-18)26(25-21)20-13-9-6-10-14-20/h5-15,19H,16-17H2,1-4H3.